The molecule has 17 heavy (non-hydrogen) atoms. The van der Waals surface area contributed by atoms with Crippen molar-refractivity contribution < 1.29 is 4.74 Å². The van der Waals surface area contributed by atoms with Crippen molar-refractivity contribution in [3.63, 3.8) is 0 Å². The Hall–Kier alpha value is -1.42. The Kier molecular flexibility index (Phi) is 3.43. The predicted molar refractivity (Wildman–Crippen MR) is 71.7 cm³/mol. The Morgan fingerprint density at radius 2 is 2.12 bits per heavy atom. The summed E-state index contributed by atoms with van der Waals surface area (Å²) in [6, 6.07) is 8.16. The van der Waals surface area contributed by atoms with E-state index in [9.17, 15) is 0 Å². The fraction of sp³-hybridized carbons (Fsp3) is 0.385. The Bertz CT molecular complexity index is 507. The van der Waals surface area contributed by atoms with E-state index in [1.807, 2.05) is 31.1 Å². The van der Waals surface area contributed by atoms with Gasteiger partial charge in [-0.15, -0.1) is 0 Å². The van der Waals surface area contributed by atoms with Crippen LogP contribution in [0.2, 0.25) is 0 Å². The molecule has 88 valence electrons. The van der Waals surface area contributed by atoms with Crippen molar-refractivity contribution in [2.24, 2.45) is 0 Å². The highest BCUT2D eigenvalue weighted by molar-refractivity contribution is 6.11. The summed E-state index contributed by atoms with van der Waals surface area (Å²) >= 11 is 0. The van der Waals surface area contributed by atoms with Crippen LogP contribution in [-0.4, -0.2) is 44.5 Å². The zero-order valence-corrected chi connectivity index (χ0v) is 10.6. The summed E-state index contributed by atoms with van der Waals surface area (Å²) in [4.78, 5) is 2.01. The molecule has 0 aliphatic heterocycles. The van der Waals surface area contributed by atoms with Crippen LogP contribution >= 0.6 is 0 Å². The number of hydrogen-bond acceptors (Lipinski definition) is 2. The van der Waals surface area contributed by atoms with Crippen molar-refractivity contribution in [2.45, 2.75) is 12.5 Å². The van der Waals surface area contributed by atoms with Crippen LogP contribution < -0.4 is 4.74 Å². The second-order valence-electron chi connectivity index (χ2n) is 4.42. The maximum atomic E-state index is 6.04. The third-order valence-electron chi connectivity index (χ3n) is 3.03. The molecular formula is C13H17BN2O. The summed E-state index contributed by atoms with van der Waals surface area (Å²) in [5.74, 6) is 0.903. The van der Waals surface area contributed by atoms with Crippen LogP contribution in [0.5, 0.6) is 5.75 Å². The number of methoxy groups -OCH3 is 1. The molecule has 0 N–H and O–H groups in total. The van der Waals surface area contributed by atoms with Crippen LogP contribution in [0, 0.1) is 0 Å². The Balaban J connectivity index is 2.30. The molecule has 0 aliphatic carbocycles. The van der Waals surface area contributed by atoms with Crippen molar-refractivity contribution in [1.82, 2.24) is 9.47 Å². The lowest BCUT2D eigenvalue weighted by Crippen LogP contribution is -2.32. The number of hydrogen-bond donors (Lipinski definition) is 0. The minimum atomic E-state index is 0.0210. The molecule has 2 radical (unpaired) electrons. The van der Waals surface area contributed by atoms with E-state index >= 15 is 0 Å². The molecule has 0 fully saturated rings. The van der Waals surface area contributed by atoms with Gasteiger partial charge in [0.15, 0.2) is 0 Å². The first kappa shape index (κ1) is 12.1. The fourth-order valence-corrected chi connectivity index (χ4v) is 1.83. The van der Waals surface area contributed by atoms with E-state index in [0.717, 1.165) is 12.3 Å². The highest BCUT2D eigenvalue weighted by Gasteiger charge is 2.07. The first-order chi connectivity index (χ1) is 8.11. The minimum Gasteiger partial charge on any atom is -0.497 e. The lowest BCUT2D eigenvalue weighted by Gasteiger charge is -2.21. The van der Waals surface area contributed by atoms with Gasteiger partial charge in [0.2, 0.25) is 0 Å². The third kappa shape index (κ3) is 2.47. The summed E-state index contributed by atoms with van der Waals surface area (Å²) in [7, 11) is 11.7. The molecular weight excluding hydrogens is 211 g/mol. The second kappa shape index (κ2) is 4.84. The molecule has 0 bridgehead atoms. The molecule has 0 amide bonds. The molecule has 1 atom stereocenters. The summed E-state index contributed by atoms with van der Waals surface area (Å²) < 4.78 is 7.37. The number of fused-ring (bicyclic) bond motifs is 1. The normalized spacial score (nSPS) is 13.2. The van der Waals surface area contributed by atoms with Gasteiger partial charge in [0.25, 0.3) is 0 Å². The maximum Gasteiger partial charge on any atom is 0.119 e. The van der Waals surface area contributed by atoms with E-state index in [2.05, 4.69) is 22.9 Å². The van der Waals surface area contributed by atoms with Crippen molar-refractivity contribution in [3.8, 4) is 5.75 Å². The van der Waals surface area contributed by atoms with E-state index in [1.54, 1.807) is 7.11 Å². The van der Waals surface area contributed by atoms with Gasteiger partial charge in [-0.05, 0) is 44.3 Å². The number of rotatable bonds is 4. The van der Waals surface area contributed by atoms with Crippen LogP contribution in [0.25, 0.3) is 10.9 Å². The fourth-order valence-electron chi connectivity index (χ4n) is 1.83. The number of ether oxygens (including phenoxy) is 1. The van der Waals surface area contributed by atoms with Crippen LogP contribution in [0.15, 0.2) is 30.5 Å². The largest absolute Gasteiger partial charge is 0.497 e. The first-order valence-corrected chi connectivity index (χ1v) is 5.66. The van der Waals surface area contributed by atoms with Crippen molar-refractivity contribution in [3.05, 3.63) is 30.5 Å². The van der Waals surface area contributed by atoms with Gasteiger partial charge in [0.1, 0.15) is 5.75 Å². The van der Waals surface area contributed by atoms with Gasteiger partial charge in [-0.2, -0.15) is 0 Å². The van der Waals surface area contributed by atoms with Crippen LogP contribution in [-0.2, 0) is 6.54 Å². The molecule has 2 rings (SSSR count). The average molecular weight is 228 g/mol. The summed E-state index contributed by atoms with van der Waals surface area (Å²) in [6.45, 7) is 0.781. The first-order valence-electron chi connectivity index (χ1n) is 5.66. The predicted octanol–water partition coefficient (Wildman–Crippen LogP) is 1.71. The van der Waals surface area contributed by atoms with Gasteiger partial charge in [-0.25, -0.2) is 0 Å². The topological polar surface area (TPSA) is 17.4 Å². The third-order valence-corrected chi connectivity index (χ3v) is 3.03. The Morgan fingerprint density at radius 3 is 2.76 bits per heavy atom. The summed E-state index contributed by atoms with van der Waals surface area (Å²) in [5, 5.41) is 1.18. The highest BCUT2D eigenvalue weighted by atomic mass is 16.5. The maximum absolute atomic E-state index is 6.04. The molecule has 4 heteroatoms. The van der Waals surface area contributed by atoms with Crippen LogP contribution in [0.1, 0.15) is 0 Å². The van der Waals surface area contributed by atoms with Crippen molar-refractivity contribution >= 4 is 18.7 Å². The molecule has 0 saturated carbocycles. The molecule has 1 aromatic carbocycles. The molecule has 3 nitrogen and oxygen atoms in total. The standard InChI is InChI=1S/C13H17BN2O/c1-15(2)13(14)9-16-7-6-10-8-11(17-3)4-5-12(10)16/h4-8,13H,9H2,1-3H3. The van der Waals surface area contributed by atoms with Gasteiger partial charge in [0.05, 0.1) is 15.0 Å². The molecule has 0 spiro atoms. The summed E-state index contributed by atoms with van der Waals surface area (Å²) in [6.07, 6.45) is 2.06. The van der Waals surface area contributed by atoms with E-state index in [0.29, 0.717) is 0 Å². The quantitative estimate of drug-likeness (QED) is 0.741. The van der Waals surface area contributed by atoms with E-state index < -0.39 is 0 Å². The van der Waals surface area contributed by atoms with Gasteiger partial charge in [0, 0.05) is 23.6 Å². The Morgan fingerprint density at radius 1 is 1.35 bits per heavy atom. The lowest BCUT2D eigenvalue weighted by molar-refractivity contribution is 0.346. The van der Waals surface area contributed by atoms with Gasteiger partial charge in [-0.1, -0.05) is 0 Å². The summed E-state index contributed by atoms with van der Waals surface area (Å²) in [5.41, 5.74) is 1.18. The Labute approximate surface area is 103 Å². The molecule has 1 unspecified atom stereocenters. The van der Waals surface area contributed by atoms with E-state index in [1.165, 1.54) is 10.9 Å². The molecule has 2 aromatic rings. The van der Waals surface area contributed by atoms with Crippen molar-refractivity contribution in [1.29, 1.82) is 0 Å². The van der Waals surface area contributed by atoms with Crippen molar-refractivity contribution in [2.75, 3.05) is 21.2 Å². The van der Waals surface area contributed by atoms with Crippen LogP contribution in [0.4, 0.5) is 0 Å². The van der Waals surface area contributed by atoms with Gasteiger partial charge >= 0.3 is 0 Å². The zero-order chi connectivity index (χ0) is 12.4. The average Bonchev–Trinajstić information content (AvgIpc) is 2.71. The molecule has 1 heterocycles. The van der Waals surface area contributed by atoms with Gasteiger partial charge < -0.3 is 14.2 Å². The second-order valence-corrected chi connectivity index (χ2v) is 4.42. The smallest absolute Gasteiger partial charge is 0.119 e. The number of nitrogens with zero attached hydrogens (tertiary/aromatic N) is 2. The molecule has 0 aliphatic rings. The molecule has 1 aromatic heterocycles. The zero-order valence-electron chi connectivity index (χ0n) is 10.6. The lowest BCUT2D eigenvalue weighted by atomic mass is 9.95. The number of aromatic nitrogens is 1. The number of benzene rings is 1. The van der Waals surface area contributed by atoms with E-state index in [-0.39, 0.29) is 5.94 Å². The minimum absolute atomic E-state index is 0.0210. The van der Waals surface area contributed by atoms with Gasteiger partial charge in [-0.3, -0.25) is 0 Å². The van der Waals surface area contributed by atoms with E-state index in [4.69, 9.17) is 12.6 Å². The highest BCUT2D eigenvalue weighted by Crippen LogP contribution is 2.22. The monoisotopic (exact) mass is 228 g/mol. The SMILES string of the molecule is [B]C(Cn1ccc2cc(OC)ccc21)N(C)C. The number of likely N-dealkylation sites (N-methyl/N-ethyl adjacent to an activating group) is 1. The molecule has 0 saturated heterocycles. The van der Waals surface area contributed by atoms with Crippen LogP contribution in [0.3, 0.4) is 0 Å².